The minimum Gasteiger partial charge on any atom is -0.478 e. The number of hydrogen-bond donors (Lipinski definition) is 2. The van der Waals surface area contributed by atoms with E-state index in [9.17, 15) is 4.79 Å². The second-order valence-corrected chi connectivity index (χ2v) is 3.64. The predicted molar refractivity (Wildman–Crippen MR) is 56.5 cm³/mol. The summed E-state index contributed by atoms with van der Waals surface area (Å²) in [5.41, 5.74) is 2.39. The number of benzene rings is 1. The molecule has 0 bridgehead atoms. The van der Waals surface area contributed by atoms with Gasteiger partial charge in [-0.05, 0) is 23.8 Å². The summed E-state index contributed by atoms with van der Waals surface area (Å²) in [7, 11) is 1.65. The molecule has 1 aliphatic heterocycles. The zero-order valence-corrected chi connectivity index (χ0v) is 8.49. The molecule has 2 N–H and O–H groups in total. The van der Waals surface area contributed by atoms with Gasteiger partial charge in [0.2, 0.25) is 0 Å². The fourth-order valence-corrected chi connectivity index (χ4v) is 1.89. The van der Waals surface area contributed by atoms with Gasteiger partial charge in [0.05, 0.1) is 12.2 Å². The molecule has 1 aliphatic rings. The Morgan fingerprint density at radius 2 is 2.47 bits per heavy atom. The van der Waals surface area contributed by atoms with Crippen LogP contribution in [-0.2, 0) is 4.74 Å². The lowest BCUT2D eigenvalue weighted by Gasteiger charge is -2.08. The first-order valence-corrected chi connectivity index (χ1v) is 4.82. The molecule has 0 radical (unpaired) electrons. The van der Waals surface area contributed by atoms with E-state index in [0.717, 1.165) is 17.8 Å². The van der Waals surface area contributed by atoms with Crippen LogP contribution in [0.25, 0.3) is 0 Å². The van der Waals surface area contributed by atoms with Crippen molar-refractivity contribution in [1.29, 1.82) is 0 Å². The Balaban J connectivity index is 2.33. The Hall–Kier alpha value is -1.55. The van der Waals surface area contributed by atoms with Crippen LogP contribution in [0.1, 0.15) is 21.8 Å². The van der Waals surface area contributed by atoms with Gasteiger partial charge in [-0.25, -0.2) is 4.79 Å². The van der Waals surface area contributed by atoms with Crippen molar-refractivity contribution in [3.05, 3.63) is 29.3 Å². The number of anilines is 1. The highest BCUT2D eigenvalue weighted by Crippen LogP contribution is 2.32. The molecule has 1 aromatic rings. The zero-order valence-electron chi connectivity index (χ0n) is 8.49. The van der Waals surface area contributed by atoms with Gasteiger partial charge in [-0.1, -0.05) is 0 Å². The molecule has 0 saturated heterocycles. The molecule has 1 heterocycles. The van der Waals surface area contributed by atoms with Crippen LogP contribution in [0.4, 0.5) is 5.69 Å². The summed E-state index contributed by atoms with van der Waals surface area (Å²) in [5, 5.41) is 12.1. The molecule has 1 atom stereocenters. The summed E-state index contributed by atoms with van der Waals surface area (Å²) >= 11 is 0. The van der Waals surface area contributed by atoms with Crippen molar-refractivity contribution in [3.63, 3.8) is 0 Å². The van der Waals surface area contributed by atoms with Crippen molar-refractivity contribution in [2.75, 3.05) is 25.6 Å². The van der Waals surface area contributed by atoms with Gasteiger partial charge in [0.15, 0.2) is 0 Å². The quantitative estimate of drug-likeness (QED) is 0.789. The van der Waals surface area contributed by atoms with Gasteiger partial charge in [-0.2, -0.15) is 0 Å². The predicted octanol–water partition coefficient (Wildman–Crippen LogP) is 1.54. The molecular weight excluding hydrogens is 194 g/mol. The number of hydrogen-bond acceptors (Lipinski definition) is 3. The van der Waals surface area contributed by atoms with E-state index in [1.165, 1.54) is 0 Å². The maximum absolute atomic E-state index is 10.8. The normalized spacial score (nSPS) is 18.3. The topological polar surface area (TPSA) is 58.6 Å². The van der Waals surface area contributed by atoms with E-state index < -0.39 is 5.97 Å². The molecule has 0 aliphatic carbocycles. The average Bonchev–Trinajstić information content (AvgIpc) is 2.61. The van der Waals surface area contributed by atoms with Crippen molar-refractivity contribution in [2.45, 2.75) is 5.92 Å². The number of aromatic carboxylic acids is 1. The van der Waals surface area contributed by atoms with E-state index in [4.69, 9.17) is 9.84 Å². The monoisotopic (exact) mass is 207 g/mol. The second-order valence-electron chi connectivity index (χ2n) is 3.64. The fraction of sp³-hybridized carbons (Fsp3) is 0.364. The van der Waals surface area contributed by atoms with Gasteiger partial charge in [0.1, 0.15) is 0 Å². The summed E-state index contributed by atoms with van der Waals surface area (Å²) < 4.78 is 5.10. The van der Waals surface area contributed by atoms with Crippen molar-refractivity contribution in [1.82, 2.24) is 0 Å². The van der Waals surface area contributed by atoms with Gasteiger partial charge in [0, 0.05) is 25.3 Å². The Labute approximate surface area is 87.9 Å². The first-order valence-electron chi connectivity index (χ1n) is 4.82. The van der Waals surface area contributed by atoms with E-state index >= 15 is 0 Å². The van der Waals surface area contributed by atoms with E-state index in [1.807, 2.05) is 6.07 Å². The van der Waals surface area contributed by atoms with Crippen LogP contribution >= 0.6 is 0 Å². The molecule has 80 valence electrons. The van der Waals surface area contributed by atoms with Crippen LogP contribution in [-0.4, -0.2) is 31.3 Å². The molecule has 0 saturated carbocycles. The maximum atomic E-state index is 10.8. The minimum absolute atomic E-state index is 0.254. The largest absolute Gasteiger partial charge is 0.478 e. The molecule has 2 rings (SSSR count). The first kappa shape index (κ1) is 9.98. The zero-order chi connectivity index (χ0) is 10.8. The highest BCUT2D eigenvalue weighted by Gasteiger charge is 2.23. The number of rotatable bonds is 3. The third-order valence-corrected chi connectivity index (χ3v) is 2.65. The minimum atomic E-state index is -0.888. The van der Waals surface area contributed by atoms with Gasteiger partial charge in [-0.3, -0.25) is 0 Å². The van der Waals surface area contributed by atoms with Gasteiger partial charge < -0.3 is 15.2 Å². The van der Waals surface area contributed by atoms with E-state index in [1.54, 1.807) is 19.2 Å². The number of methoxy groups -OCH3 is 1. The molecule has 0 amide bonds. The van der Waals surface area contributed by atoms with Crippen LogP contribution in [0.5, 0.6) is 0 Å². The third kappa shape index (κ3) is 1.80. The Morgan fingerprint density at radius 1 is 1.67 bits per heavy atom. The Kier molecular flexibility index (Phi) is 2.60. The lowest BCUT2D eigenvalue weighted by molar-refractivity contribution is 0.0696. The van der Waals surface area contributed by atoms with Gasteiger partial charge in [-0.15, -0.1) is 0 Å². The SMILES string of the molecule is COCC1CNc2ccc(C(=O)O)cc21. The summed E-state index contributed by atoms with van der Waals surface area (Å²) in [6, 6.07) is 5.15. The van der Waals surface area contributed by atoms with Crippen molar-refractivity contribution < 1.29 is 14.6 Å². The Bertz CT molecular complexity index is 387. The van der Waals surface area contributed by atoms with Gasteiger partial charge >= 0.3 is 5.97 Å². The number of nitrogens with one attached hydrogen (secondary N) is 1. The number of fused-ring (bicyclic) bond motifs is 1. The lowest BCUT2D eigenvalue weighted by Crippen LogP contribution is -2.08. The fourth-order valence-electron chi connectivity index (χ4n) is 1.89. The molecular formula is C11H13NO3. The molecule has 4 heteroatoms. The number of carboxylic acid groups (broad SMARTS) is 1. The van der Waals surface area contributed by atoms with Crippen LogP contribution in [0.3, 0.4) is 0 Å². The molecule has 15 heavy (non-hydrogen) atoms. The van der Waals surface area contributed by atoms with Crippen molar-refractivity contribution in [2.24, 2.45) is 0 Å². The molecule has 1 aromatic carbocycles. The second kappa shape index (κ2) is 3.90. The standard InChI is InChI=1S/C11H13NO3/c1-15-6-8-5-12-10-3-2-7(11(13)14)4-9(8)10/h2-4,8,12H,5-6H2,1H3,(H,13,14). The van der Waals surface area contributed by atoms with Crippen molar-refractivity contribution in [3.8, 4) is 0 Å². The highest BCUT2D eigenvalue weighted by atomic mass is 16.5. The number of carboxylic acids is 1. The van der Waals surface area contributed by atoms with Crippen molar-refractivity contribution >= 4 is 11.7 Å². The number of carbonyl (C=O) groups is 1. The van der Waals surface area contributed by atoms with Crippen LogP contribution in [0.15, 0.2) is 18.2 Å². The third-order valence-electron chi connectivity index (χ3n) is 2.65. The number of ether oxygens (including phenoxy) is 1. The first-order chi connectivity index (χ1) is 7.22. The smallest absolute Gasteiger partial charge is 0.335 e. The highest BCUT2D eigenvalue weighted by molar-refractivity contribution is 5.88. The average molecular weight is 207 g/mol. The summed E-state index contributed by atoms with van der Waals surface area (Å²) in [6.45, 7) is 1.43. The summed E-state index contributed by atoms with van der Waals surface area (Å²) in [4.78, 5) is 10.8. The molecule has 0 fully saturated rings. The van der Waals surface area contributed by atoms with E-state index in [0.29, 0.717) is 12.2 Å². The van der Waals surface area contributed by atoms with Crippen LogP contribution in [0, 0.1) is 0 Å². The molecule has 0 aromatic heterocycles. The molecule has 0 spiro atoms. The van der Waals surface area contributed by atoms with E-state index in [-0.39, 0.29) is 5.92 Å². The van der Waals surface area contributed by atoms with E-state index in [2.05, 4.69) is 5.32 Å². The summed E-state index contributed by atoms with van der Waals surface area (Å²) in [6.07, 6.45) is 0. The van der Waals surface area contributed by atoms with Gasteiger partial charge in [0.25, 0.3) is 0 Å². The van der Waals surface area contributed by atoms with Crippen LogP contribution in [0.2, 0.25) is 0 Å². The summed E-state index contributed by atoms with van der Waals surface area (Å²) in [5.74, 6) is -0.634. The molecule has 1 unspecified atom stereocenters. The Morgan fingerprint density at radius 3 is 3.13 bits per heavy atom. The lowest BCUT2D eigenvalue weighted by atomic mass is 10.00. The maximum Gasteiger partial charge on any atom is 0.335 e. The van der Waals surface area contributed by atoms with Crippen LogP contribution < -0.4 is 5.32 Å². The molecule has 4 nitrogen and oxygen atoms in total.